The van der Waals surface area contributed by atoms with Crippen LogP contribution in [0.1, 0.15) is 34.1 Å². The fourth-order valence-corrected chi connectivity index (χ4v) is 4.24. The number of fused-ring (bicyclic) bond motifs is 1. The van der Waals surface area contributed by atoms with E-state index in [0.717, 1.165) is 22.3 Å². The van der Waals surface area contributed by atoms with E-state index in [4.69, 9.17) is 0 Å². The Morgan fingerprint density at radius 1 is 0.636 bits per heavy atom. The lowest BCUT2D eigenvalue weighted by Crippen LogP contribution is -2.54. The van der Waals surface area contributed by atoms with E-state index < -0.39 is 35.6 Å². The van der Waals surface area contributed by atoms with Crippen LogP contribution in [0.2, 0.25) is 0 Å². The van der Waals surface area contributed by atoms with E-state index >= 15 is 0 Å². The quantitative estimate of drug-likeness (QED) is 0.781. The molecule has 0 aromatic heterocycles. The van der Waals surface area contributed by atoms with Gasteiger partial charge < -0.3 is 19.8 Å². The summed E-state index contributed by atoms with van der Waals surface area (Å²) in [5.74, 6) is -5.84. The highest BCUT2D eigenvalue weighted by Gasteiger charge is 2.50. The summed E-state index contributed by atoms with van der Waals surface area (Å²) >= 11 is 0. The molecule has 0 fully saturated rings. The van der Waals surface area contributed by atoms with Crippen LogP contribution in [0.25, 0.3) is 0 Å². The number of carbonyl (C=O) groups is 2. The molecule has 0 amide bonds. The predicted octanol–water partition coefficient (Wildman–Crippen LogP) is 0.00960. The third-order valence-electron chi connectivity index (χ3n) is 4.98. The molecule has 2 bridgehead atoms. The third kappa shape index (κ3) is 1.52. The van der Waals surface area contributed by atoms with Crippen LogP contribution in [0.3, 0.4) is 0 Å². The molecule has 0 heterocycles. The molecule has 4 nitrogen and oxygen atoms in total. The highest BCUT2D eigenvalue weighted by molar-refractivity contribution is 5.84. The summed E-state index contributed by atoms with van der Waals surface area (Å²) in [4.78, 5) is 23.4. The summed E-state index contributed by atoms with van der Waals surface area (Å²) < 4.78 is 0. The second kappa shape index (κ2) is 4.44. The van der Waals surface area contributed by atoms with Crippen LogP contribution in [-0.4, -0.2) is 11.9 Å². The van der Waals surface area contributed by atoms with Crippen molar-refractivity contribution in [2.75, 3.05) is 0 Å². The molecular formula is C18H12O4-2. The summed E-state index contributed by atoms with van der Waals surface area (Å²) in [5, 5.41) is 23.4. The minimum absolute atomic E-state index is 0.495. The second-order valence-electron chi connectivity index (χ2n) is 5.90. The molecule has 0 saturated carbocycles. The number of hydrogen-bond donors (Lipinski definition) is 0. The second-order valence-corrected chi connectivity index (χ2v) is 5.90. The monoisotopic (exact) mass is 292 g/mol. The summed E-state index contributed by atoms with van der Waals surface area (Å²) in [7, 11) is 0. The SMILES string of the molecule is O=C([O-])C1C2c3ccccc3C(c3ccccc32)C1C(=O)[O-]. The number of carboxylic acids is 2. The number of hydrogen-bond acceptors (Lipinski definition) is 4. The molecule has 3 aliphatic carbocycles. The van der Waals surface area contributed by atoms with Crippen molar-refractivity contribution in [3.8, 4) is 0 Å². The topological polar surface area (TPSA) is 80.3 Å². The molecule has 4 heteroatoms. The fraction of sp³-hybridized carbons (Fsp3) is 0.222. The third-order valence-corrected chi connectivity index (χ3v) is 4.98. The Balaban J connectivity index is 2.06. The molecule has 0 spiro atoms. The number of benzene rings is 2. The van der Waals surface area contributed by atoms with Crippen LogP contribution in [-0.2, 0) is 9.59 Å². The highest BCUT2D eigenvalue weighted by atomic mass is 16.4. The lowest BCUT2D eigenvalue weighted by Gasteiger charge is -2.51. The normalized spacial score (nSPS) is 27.8. The van der Waals surface area contributed by atoms with Gasteiger partial charge in [-0.05, 0) is 22.3 Å². The maximum atomic E-state index is 11.7. The Morgan fingerprint density at radius 3 is 1.14 bits per heavy atom. The van der Waals surface area contributed by atoms with Gasteiger partial charge in [0.15, 0.2) is 0 Å². The van der Waals surface area contributed by atoms with Gasteiger partial charge in [-0.3, -0.25) is 0 Å². The molecule has 0 saturated heterocycles. The van der Waals surface area contributed by atoms with Crippen LogP contribution < -0.4 is 10.2 Å². The van der Waals surface area contributed by atoms with Gasteiger partial charge >= 0.3 is 0 Å². The van der Waals surface area contributed by atoms with Crippen molar-refractivity contribution in [3.05, 3.63) is 70.8 Å². The minimum Gasteiger partial charge on any atom is -0.550 e. The van der Waals surface area contributed by atoms with Crippen molar-refractivity contribution in [3.63, 3.8) is 0 Å². The molecule has 2 aromatic rings. The molecule has 110 valence electrons. The van der Waals surface area contributed by atoms with Gasteiger partial charge in [0.25, 0.3) is 0 Å². The smallest absolute Gasteiger partial charge is 0.0461 e. The van der Waals surface area contributed by atoms with Crippen molar-refractivity contribution in [1.29, 1.82) is 0 Å². The Bertz CT molecular complexity index is 682. The lowest BCUT2D eigenvalue weighted by molar-refractivity contribution is -0.328. The van der Waals surface area contributed by atoms with Crippen molar-refractivity contribution in [1.82, 2.24) is 0 Å². The fourth-order valence-electron chi connectivity index (χ4n) is 4.24. The first-order valence-electron chi connectivity index (χ1n) is 7.20. The molecule has 0 radical (unpaired) electrons. The maximum Gasteiger partial charge on any atom is 0.0461 e. The first-order chi connectivity index (χ1) is 10.6. The zero-order valence-electron chi connectivity index (χ0n) is 11.6. The molecule has 2 aromatic carbocycles. The van der Waals surface area contributed by atoms with Gasteiger partial charge in [0, 0.05) is 35.6 Å². The Labute approximate surface area is 127 Å². The first kappa shape index (κ1) is 13.1. The van der Waals surface area contributed by atoms with Gasteiger partial charge in [-0.25, -0.2) is 0 Å². The number of carbonyl (C=O) groups excluding carboxylic acids is 2. The molecule has 5 rings (SSSR count). The van der Waals surface area contributed by atoms with Crippen molar-refractivity contribution >= 4 is 11.9 Å². The van der Waals surface area contributed by atoms with E-state index in [9.17, 15) is 19.8 Å². The zero-order valence-corrected chi connectivity index (χ0v) is 11.6. The molecule has 0 aliphatic heterocycles. The van der Waals surface area contributed by atoms with Crippen LogP contribution in [0.4, 0.5) is 0 Å². The molecule has 0 N–H and O–H groups in total. The molecule has 2 atom stereocenters. The van der Waals surface area contributed by atoms with Gasteiger partial charge in [0.1, 0.15) is 0 Å². The maximum absolute atomic E-state index is 11.7. The van der Waals surface area contributed by atoms with E-state index in [1.54, 1.807) is 0 Å². The number of carboxylic acid groups (broad SMARTS) is 2. The van der Waals surface area contributed by atoms with Gasteiger partial charge in [-0.1, -0.05) is 48.5 Å². The Hall–Kier alpha value is -2.62. The van der Waals surface area contributed by atoms with Gasteiger partial charge in [-0.2, -0.15) is 0 Å². The summed E-state index contributed by atoms with van der Waals surface area (Å²) in [5.41, 5.74) is 3.55. The molecule has 3 aliphatic rings. The lowest BCUT2D eigenvalue weighted by atomic mass is 9.54. The zero-order chi connectivity index (χ0) is 15.4. The van der Waals surface area contributed by atoms with E-state index in [0.29, 0.717) is 0 Å². The highest BCUT2D eigenvalue weighted by Crippen LogP contribution is 2.57. The summed E-state index contributed by atoms with van der Waals surface area (Å²) in [6.07, 6.45) is 0. The van der Waals surface area contributed by atoms with Gasteiger partial charge in [-0.15, -0.1) is 0 Å². The molecule has 22 heavy (non-hydrogen) atoms. The van der Waals surface area contributed by atoms with Crippen molar-refractivity contribution < 1.29 is 19.8 Å². The van der Waals surface area contributed by atoms with Crippen molar-refractivity contribution in [2.45, 2.75) is 11.8 Å². The van der Waals surface area contributed by atoms with Crippen LogP contribution in [0.15, 0.2) is 48.5 Å². The van der Waals surface area contributed by atoms with Crippen molar-refractivity contribution in [2.24, 2.45) is 11.8 Å². The van der Waals surface area contributed by atoms with E-state index in [1.807, 2.05) is 48.5 Å². The first-order valence-corrected chi connectivity index (χ1v) is 7.20. The van der Waals surface area contributed by atoms with Gasteiger partial charge in [0.05, 0.1) is 0 Å². The average molecular weight is 292 g/mol. The Morgan fingerprint density at radius 2 is 0.909 bits per heavy atom. The largest absolute Gasteiger partial charge is 0.550 e. The Kier molecular flexibility index (Phi) is 2.64. The van der Waals surface area contributed by atoms with E-state index in [1.165, 1.54) is 0 Å². The summed E-state index contributed by atoms with van der Waals surface area (Å²) in [6, 6.07) is 14.9. The molecular weight excluding hydrogens is 280 g/mol. The van der Waals surface area contributed by atoms with E-state index in [-0.39, 0.29) is 0 Å². The van der Waals surface area contributed by atoms with E-state index in [2.05, 4.69) is 0 Å². The minimum atomic E-state index is -1.33. The molecule has 2 unspecified atom stereocenters. The standard InChI is InChI=1S/C18H14O4/c19-17(20)15-13-9-5-1-2-6-10(9)14(16(15)18(21)22)12-8-4-3-7-11(12)13/h1-8,13-16H,(H,19,20)(H,21,22)/p-2. The van der Waals surface area contributed by atoms with Gasteiger partial charge in [0.2, 0.25) is 0 Å². The van der Waals surface area contributed by atoms with Crippen LogP contribution >= 0.6 is 0 Å². The number of rotatable bonds is 2. The van der Waals surface area contributed by atoms with Crippen LogP contribution in [0, 0.1) is 11.8 Å². The number of aliphatic carboxylic acids is 2. The summed E-state index contributed by atoms with van der Waals surface area (Å²) in [6.45, 7) is 0. The van der Waals surface area contributed by atoms with Crippen LogP contribution in [0.5, 0.6) is 0 Å². The average Bonchev–Trinajstić information content (AvgIpc) is 2.53. The predicted molar refractivity (Wildman–Crippen MR) is 73.6 cm³/mol.